The minimum Gasteiger partial charge on any atom is -0.351 e. The van der Waals surface area contributed by atoms with Gasteiger partial charge in [0.2, 0.25) is 10.0 Å². The summed E-state index contributed by atoms with van der Waals surface area (Å²) in [5.74, 6) is -1.52. The first-order valence-corrected chi connectivity index (χ1v) is 14.5. The maximum Gasteiger partial charge on any atom is 0.321 e. The van der Waals surface area contributed by atoms with Crippen molar-refractivity contribution < 1.29 is 22.4 Å². The third-order valence-corrected chi connectivity index (χ3v) is 8.85. The SMILES string of the molecule is CN(C1CN(C(=O)Nc2ccc(-n3ccccc3=O)cc2F)C[C@H]1CNC(=O)c1ccc(Cl)s1)S(C)(=O)=O. The number of carbonyl (C=O) groups is 2. The Labute approximate surface area is 227 Å². The summed E-state index contributed by atoms with van der Waals surface area (Å²) in [5.41, 5.74) is -0.130. The number of nitrogens with zero attached hydrogens (tertiary/aromatic N) is 3. The van der Waals surface area contributed by atoms with E-state index in [1.54, 1.807) is 24.3 Å². The number of anilines is 1. The number of aromatic nitrogens is 1. The number of likely N-dealkylation sites (N-methyl/N-ethyl adjacent to an activating group) is 1. The average Bonchev–Trinajstić information content (AvgIpc) is 3.49. The van der Waals surface area contributed by atoms with E-state index in [0.717, 1.165) is 23.7 Å². The Morgan fingerprint density at radius 2 is 1.95 bits per heavy atom. The van der Waals surface area contributed by atoms with Crippen LogP contribution in [0, 0.1) is 11.7 Å². The van der Waals surface area contributed by atoms with Crippen LogP contribution in [0.25, 0.3) is 5.69 Å². The fraction of sp³-hybridized carbons (Fsp3) is 0.292. The number of thiophene rings is 1. The zero-order valence-corrected chi connectivity index (χ0v) is 22.8. The quantitative estimate of drug-likeness (QED) is 0.444. The van der Waals surface area contributed by atoms with E-state index in [9.17, 15) is 27.2 Å². The summed E-state index contributed by atoms with van der Waals surface area (Å²) in [7, 11) is -2.18. The van der Waals surface area contributed by atoms with Crippen molar-refractivity contribution in [1.82, 2.24) is 19.1 Å². The third-order valence-electron chi connectivity index (χ3n) is 6.30. The summed E-state index contributed by atoms with van der Waals surface area (Å²) in [6.07, 6.45) is 2.57. The Bertz CT molecular complexity index is 1530. The van der Waals surface area contributed by atoms with Crippen LogP contribution in [0.1, 0.15) is 9.67 Å². The number of sulfonamides is 1. The lowest BCUT2D eigenvalue weighted by Crippen LogP contribution is -2.45. The molecule has 0 bridgehead atoms. The van der Waals surface area contributed by atoms with Crippen LogP contribution in [0.15, 0.2) is 59.5 Å². The molecule has 2 atom stereocenters. The van der Waals surface area contributed by atoms with Crippen LogP contribution in [-0.2, 0) is 10.0 Å². The molecule has 0 aliphatic carbocycles. The molecule has 3 aromatic rings. The lowest BCUT2D eigenvalue weighted by Gasteiger charge is -2.26. The Morgan fingerprint density at radius 3 is 2.58 bits per heavy atom. The summed E-state index contributed by atoms with van der Waals surface area (Å²) in [6.45, 7) is 0.276. The molecule has 1 aliphatic rings. The first-order valence-electron chi connectivity index (χ1n) is 11.4. The number of likely N-dealkylation sites (tertiary alicyclic amines) is 1. The van der Waals surface area contributed by atoms with Crippen LogP contribution < -0.4 is 16.2 Å². The Balaban J connectivity index is 1.47. The summed E-state index contributed by atoms with van der Waals surface area (Å²) >= 11 is 7.01. The first-order chi connectivity index (χ1) is 17.9. The number of rotatable bonds is 7. The van der Waals surface area contributed by atoms with Crippen LogP contribution >= 0.6 is 22.9 Å². The number of hydrogen-bond donors (Lipinski definition) is 2. The molecule has 1 fully saturated rings. The van der Waals surface area contributed by atoms with Gasteiger partial charge in [0.25, 0.3) is 11.5 Å². The van der Waals surface area contributed by atoms with Gasteiger partial charge >= 0.3 is 6.03 Å². The van der Waals surface area contributed by atoms with E-state index in [1.807, 2.05) is 0 Å². The molecule has 10 nitrogen and oxygen atoms in total. The second-order valence-corrected chi connectivity index (χ2v) is 12.6. The molecule has 14 heteroatoms. The van der Waals surface area contributed by atoms with Gasteiger partial charge in [0, 0.05) is 57.0 Å². The molecule has 1 saturated heterocycles. The monoisotopic (exact) mass is 581 g/mol. The first kappa shape index (κ1) is 27.8. The highest BCUT2D eigenvalue weighted by atomic mass is 35.5. The molecule has 1 aromatic carbocycles. The molecule has 0 saturated carbocycles. The number of benzene rings is 1. The van der Waals surface area contributed by atoms with Crippen LogP contribution in [0.5, 0.6) is 0 Å². The average molecular weight is 582 g/mol. The maximum absolute atomic E-state index is 14.8. The molecule has 0 radical (unpaired) electrons. The van der Waals surface area contributed by atoms with Crippen molar-refractivity contribution in [2.24, 2.45) is 5.92 Å². The van der Waals surface area contributed by atoms with E-state index < -0.39 is 33.8 Å². The van der Waals surface area contributed by atoms with Gasteiger partial charge < -0.3 is 15.5 Å². The van der Waals surface area contributed by atoms with Crippen molar-refractivity contribution in [2.75, 3.05) is 38.3 Å². The van der Waals surface area contributed by atoms with E-state index in [-0.39, 0.29) is 36.8 Å². The number of carbonyl (C=O) groups excluding carboxylic acids is 2. The van der Waals surface area contributed by atoms with E-state index in [1.165, 1.54) is 45.2 Å². The van der Waals surface area contributed by atoms with Gasteiger partial charge in [-0.3, -0.25) is 14.2 Å². The molecule has 4 rings (SSSR count). The van der Waals surface area contributed by atoms with Crippen molar-refractivity contribution in [3.05, 3.63) is 80.1 Å². The van der Waals surface area contributed by atoms with Gasteiger partial charge in [0.05, 0.1) is 26.8 Å². The number of urea groups is 1. The molecule has 3 heterocycles. The van der Waals surface area contributed by atoms with Crippen LogP contribution in [-0.4, -0.2) is 73.1 Å². The van der Waals surface area contributed by atoms with Crippen molar-refractivity contribution in [1.29, 1.82) is 0 Å². The molecule has 1 aliphatic heterocycles. The minimum absolute atomic E-state index is 0.0415. The van der Waals surface area contributed by atoms with Crippen LogP contribution in [0.3, 0.4) is 0 Å². The predicted octanol–water partition coefficient (Wildman–Crippen LogP) is 2.85. The highest BCUT2D eigenvalue weighted by Crippen LogP contribution is 2.26. The highest BCUT2D eigenvalue weighted by molar-refractivity contribution is 7.88. The lowest BCUT2D eigenvalue weighted by atomic mass is 10.0. The van der Waals surface area contributed by atoms with Crippen LogP contribution in [0.2, 0.25) is 4.34 Å². The molecular weight excluding hydrogens is 557 g/mol. The Hall–Kier alpha value is -3.26. The summed E-state index contributed by atoms with van der Waals surface area (Å²) < 4.78 is 42.2. The van der Waals surface area contributed by atoms with Gasteiger partial charge in [-0.05, 0) is 30.3 Å². The van der Waals surface area contributed by atoms with E-state index in [2.05, 4.69) is 10.6 Å². The van der Waals surface area contributed by atoms with Crippen LogP contribution in [0.4, 0.5) is 14.9 Å². The number of hydrogen-bond acceptors (Lipinski definition) is 6. The van der Waals surface area contributed by atoms with Gasteiger partial charge in [-0.2, -0.15) is 4.31 Å². The number of pyridine rings is 1. The molecule has 2 N–H and O–H groups in total. The van der Waals surface area contributed by atoms with E-state index >= 15 is 0 Å². The molecule has 202 valence electrons. The maximum atomic E-state index is 14.8. The summed E-state index contributed by atoms with van der Waals surface area (Å²) in [5, 5.41) is 5.29. The normalized spacial score (nSPS) is 17.6. The molecule has 2 aromatic heterocycles. The lowest BCUT2D eigenvalue weighted by molar-refractivity contribution is 0.0948. The summed E-state index contributed by atoms with van der Waals surface area (Å²) in [6, 6.07) is 10.5. The largest absolute Gasteiger partial charge is 0.351 e. The fourth-order valence-corrected chi connectivity index (χ4v) is 5.91. The topological polar surface area (TPSA) is 121 Å². The predicted molar refractivity (Wildman–Crippen MR) is 144 cm³/mol. The van der Waals surface area contributed by atoms with Crippen molar-refractivity contribution in [3.63, 3.8) is 0 Å². The molecule has 0 spiro atoms. The smallest absolute Gasteiger partial charge is 0.321 e. The number of halogens is 2. The molecular formula is C24H25ClFN5O5S2. The van der Waals surface area contributed by atoms with Gasteiger partial charge in [0.15, 0.2) is 0 Å². The highest BCUT2D eigenvalue weighted by Gasteiger charge is 2.40. The third kappa shape index (κ3) is 6.23. The van der Waals surface area contributed by atoms with Gasteiger partial charge in [-0.15, -0.1) is 11.3 Å². The van der Waals surface area contributed by atoms with Gasteiger partial charge in [-0.1, -0.05) is 17.7 Å². The van der Waals surface area contributed by atoms with Gasteiger partial charge in [-0.25, -0.2) is 17.6 Å². The number of amides is 3. The van der Waals surface area contributed by atoms with Crippen molar-refractivity contribution in [3.8, 4) is 5.69 Å². The molecule has 1 unspecified atom stereocenters. The molecule has 38 heavy (non-hydrogen) atoms. The molecule has 3 amide bonds. The Morgan fingerprint density at radius 1 is 1.18 bits per heavy atom. The van der Waals surface area contributed by atoms with E-state index in [0.29, 0.717) is 14.9 Å². The number of nitrogens with one attached hydrogen (secondary N) is 2. The second-order valence-electron chi connectivity index (χ2n) is 8.83. The summed E-state index contributed by atoms with van der Waals surface area (Å²) in [4.78, 5) is 39.3. The standard InChI is InChI=1S/C24H25ClFN5O5S2/c1-29(38(2,35)36)19-14-30(13-15(19)12-27-23(33)20-8-9-21(25)37-20)24(34)28-18-7-6-16(11-17(18)26)31-10-4-3-5-22(31)32/h3-11,15,19H,12-14H2,1-2H3,(H,27,33)(H,28,34)/t15-,19?/m1/s1. The van der Waals surface area contributed by atoms with E-state index in [4.69, 9.17) is 11.6 Å². The minimum atomic E-state index is -3.60. The van der Waals surface area contributed by atoms with Crippen molar-refractivity contribution in [2.45, 2.75) is 6.04 Å². The second kappa shape index (κ2) is 11.2. The zero-order chi connectivity index (χ0) is 27.6. The zero-order valence-electron chi connectivity index (χ0n) is 20.4. The van der Waals surface area contributed by atoms with Gasteiger partial charge in [0.1, 0.15) is 5.82 Å². The van der Waals surface area contributed by atoms with Crippen molar-refractivity contribution >= 4 is 50.6 Å². The fourth-order valence-electron chi connectivity index (χ4n) is 4.22. The Kier molecular flexibility index (Phi) is 8.21.